The lowest BCUT2D eigenvalue weighted by molar-refractivity contribution is 0.146. The molecule has 1 nitrogen and oxygen atoms in total. The Labute approximate surface area is 222 Å². The first kappa shape index (κ1) is 36.3. The van der Waals surface area contributed by atoms with Crippen LogP contribution in [0.25, 0.3) is 0 Å². The van der Waals surface area contributed by atoms with Gasteiger partial charge in [-0.15, -0.1) is 0 Å². The van der Waals surface area contributed by atoms with Crippen molar-refractivity contribution in [3.63, 3.8) is 0 Å². The average molecular weight is 491 g/mol. The van der Waals surface area contributed by atoms with Gasteiger partial charge in [-0.05, 0) is 84.7 Å². The molecular weight excluding hydrogens is 424 g/mol. The maximum Gasteiger partial charge on any atom is -0.0250 e. The Morgan fingerprint density at radius 2 is 1.77 bits per heavy atom. The quantitative estimate of drug-likeness (QED) is 0.258. The highest BCUT2D eigenvalue weighted by Gasteiger charge is 2.29. The van der Waals surface area contributed by atoms with Crippen LogP contribution in [0.5, 0.6) is 0 Å². The van der Waals surface area contributed by atoms with Crippen LogP contribution in [0.15, 0.2) is 36.0 Å². The molecule has 0 bridgehead atoms. The summed E-state index contributed by atoms with van der Waals surface area (Å²) in [6.45, 7) is 26.9. The number of rotatable bonds is 11. The lowest BCUT2D eigenvalue weighted by atomic mass is 9.70. The Balaban J connectivity index is 0. The van der Waals surface area contributed by atoms with Crippen molar-refractivity contribution < 1.29 is 5.48 Å². The van der Waals surface area contributed by atoms with Crippen molar-refractivity contribution >= 4 is 0 Å². The van der Waals surface area contributed by atoms with Gasteiger partial charge in [0, 0.05) is 0 Å². The molecule has 1 saturated carbocycles. The standard InChI is InChI=1S/C18H36.C14H22.C2H6.H2O/c1-7-15(3)17(18(4,5)6)10-8-9-16-12-11-14(2)13-16;1-4-8-14(11-12(3)5-2)13-9-6-7-10-13;1-2;/h14-17H,7-13H2,1-6H3;4,8-9,12H,1,5-7,10-11H2,2-3H3;1-2H3;1H2/b;14-8-;;/t;12-;;/m.0../s1. The lowest BCUT2D eigenvalue weighted by Gasteiger charge is -2.35. The molecule has 2 rings (SSSR count). The first-order valence-corrected chi connectivity index (χ1v) is 15.1. The molecule has 0 amide bonds. The Hall–Kier alpha value is -0.820. The summed E-state index contributed by atoms with van der Waals surface area (Å²) in [6, 6.07) is 0. The molecule has 0 aromatic rings. The van der Waals surface area contributed by atoms with Crippen molar-refractivity contribution in [1.82, 2.24) is 0 Å². The normalized spacial score (nSPS) is 22.5. The second-order valence-electron chi connectivity index (χ2n) is 12.3. The zero-order valence-corrected chi connectivity index (χ0v) is 25.8. The summed E-state index contributed by atoms with van der Waals surface area (Å²) < 4.78 is 0. The highest BCUT2D eigenvalue weighted by atomic mass is 16.0. The average Bonchev–Trinajstić information content (AvgIpc) is 3.49. The van der Waals surface area contributed by atoms with Gasteiger partial charge in [-0.1, -0.05) is 133 Å². The summed E-state index contributed by atoms with van der Waals surface area (Å²) in [6.07, 6.45) is 23.1. The van der Waals surface area contributed by atoms with Gasteiger partial charge in [-0.3, -0.25) is 0 Å². The molecule has 5 atom stereocenters. The molecule has 0 aliphatic heterocycles. The Bertz CT molecular complexity index is 576. The minimum atomic E-state index is 0. The van der Waals surface area contributed by atoms with Gasteiger partial charge >= 0.3 is 0 Å². The largest absolute Gasteiger partial charge is 0.412 e. The first-order valence-electron chi connectivity index (χ1n) is 15.1. The van der Waals surface area contributed by atoms with Gasteiger partial charge in [-0.2, -0.15) is 0 Å². The van der Waals surface area contributed by atoms with Gasteiger partial charge in [-0.25, -0.2) is 0 Å². The summed E-state index contributed by atoms with van der Waals surface area (Å²) >= 11 is 0. The van der Waals surface area contributed by atoms with Crippen LogP contribution in [0, 0.1) is 35.0 Å². The monoisotopic (exact) mass is 491 g/mol. The van der Waals surface area contributed by atoms with Crippen molar-refractivity contribution in [2.24, 2.45) is 35.0 Å². The van der Waals surface area contributed by atoms with E-state index in [0.717, 1.165) is 29.6 Å². The molecule has 0 heterocycles. The van der Waals surface area contributed by atoms with E-state index < -0.39 is 0 Å². The van der Waals surface area contributed by atoms with Gasteiger partial charge < -0.3 is 5.48 Å². The summed E-state index contributed by atoms with van der Waals surface area (Å²) in [4.78, 5) is 0. The molecule has 208 valence electrons. The van der Waals surface area contributed by atoms with Crippen LogP contribution in [0.3, 0.4) is 0 Å². The van der Waals surface area contributed by atoms with Gasteiger partial charge in [0.1, 0.15) is 0 Å². The first-order chi connectivity index (χ1) is 16.1. The van der Waals surface area contributed by atoms with E-state index in [-0.39, 0.29) is 5.48 Å². The zero-order chi connectivity index (χ0) is 26.1. The third kappa shape index (κ3) is 15.1. The SMILES string of the molecule is C=C/C=C(/C[C@@H](C)CC)C1=CCCC1.CC.CCC(C)C(CCCC1CCC(C)C1)C(C)(C)C.O. The van der Waals surface area contributed by atoms with E-state index in [1.54, 1.807) is 5.57 Å². The number of hydrogen-bond donors (Lipinski definition) is 0. The summed E-state index contributed by atoms with van der Waals surface area (Å²) in [5.41, 5.74) is 3.58. The van der Waals surface area contributed by atoms with E-state index in [2.05, 4.69) is 74.1 Å². The van der Waals surface area contributed by atoms with E-state index in [1.165, 1.54) is 82.6 Å². The van der Waals surface area contributed by atoms with Gasteiger partial charge in [0.15, 0.2) is 0 Å². The second kappa shape index (κ2) is 20.3. The third-order valence-corrected chi connectivity index (χ3v) is 8.41. The molecule has 35 heavy (non-hydrogen) atoms. The van der Waals surface area contributed by atoms with Crippen LogP contribution in [-0.4, -0.2) is 5.48 Å². The van der Waals surface area contributed by atoms with Crippen molar-refractivity contribution in [3.8, 4) is 0 Å². The Kier molecular flexibility index (Phi) is 21.0. The number of allylic oxidation sites excluding steroid dienone is 5. The van der Waals surface area contributed by atoms with Crippen molar-refractivity contribution in [2.75, 3.05) is 0 Å². The van der Waals surface area contributed by atoms with E-state index in [1.807, 2.05) is 19.9 Å². The van der Waals surface area contributed by atoms with E-state index in [9.17, 15) is 0 Å². The highest BCUT2D eigenvalue weighted by molar-refractivity contribution is 5.35. The fraction of sp³-hybridized carbons (Fsp3) is 0.824. The van der Waals surface area contributed by atoms with E-state index >= 15 is 0 Å². The summed E-state index contributed by atoms with van der Waals surface area (Å²) in [7, 11) is 0. The van der Waals surface area contributed by atoms with E-state index in [0.29, 0.717) is 5.41 Å². The second-order valence-corrected chi connectivity index (χ2v) is 12.3. The Morgan fingerprint density at radius 1 is 1.11 bits per heavy atom. The predicted octanol–water partition coefficient (Wildman–Crippen LogP) is 11.1. The molecule has 0 aromatic carbocycles. The van der Waals surface area contributed by atoms with Crippen LogP contribution >= 0.6 is 0 Å². The summed E-state index contributed by atoms with van der Waals surface area (Å²) in [5, 5.41) is 0. The molecule has 2 aliphatic rings. The number of hydrogen-bond acceptors (Lipinski definition) is 0. The highest BCUT2D eigenvalue weighted by Crippen LogP contribution is 2.39. The minimum absolute atomic E-state index is 0. The predicted molar refractivity (Wildman–Crippen MR) is 162 cm³/mol. The van der Waals surface area contributed by atoms with Crippen molar-refractivity contribution in [1.29, 1.82) is 0 Å². The molecule has 2 N–H and O–H groups in total. The van der Waals surface area contributed by atoms with Crippen molar-refractivity contribution in [2.45, 2.75) is 146 Å². The summed E-state index contributed by atoms with van der Waals surface area (Å²) in [5.74, 6) is 4.64. The smallest absolute Gasteiger partial charge is 0.0250 e. The van der Waals surface area contributed by atoms with Crippen LogP contribution in [0.4, 0.5) is 0 Å². The van der Waals surface area contributed by atoms with Gasteiger partial charge in [0.2, 0.25) is 0 Å². The molecule has 2 aliphatic carbocycles. The molecule has 4 unspecified atom stereocenters. The van der Waals surface area contributed by atoms with Crippen LogP contribution < -0.4 is 0 Å². The molecule has 0 saturated heterocycles. The fourth-order valence-corrected chi connectivity index (χ4v) is 6.00. The van der Waals surface area contributed by atoms with E-state index in [4.69, 9.17) is 0 Å². The lowest BCUT2D eigenvalue weighted by Crippen LogP contribution is -2.26. The molecule has 0 spiro atoms. The molecule has 0 aromatic heterocycles. The molecule has 1 heteroatoms. The Morgan fingerprint density at radius 3 is 2.20 bits per heavy atom. The van der Waals surface area contributed by atoms with Crippen LogP contribution in [0.2, 0.25) is 0 Å². The van der Waals surface area contributed by atoms with Gasteiger partial charge in [0.05, 0.1) is 0 Å². The zero-order valence-electron chi connectivity index (χ0n) is 25.8. The minimum Gasteiger partial charge on any atom is -0.412 e. The van der Waals surface area contributed by atoms with Gasteiger partial charge in [0.25, 0.3) is 0 Å². The molecule has 1 fully saturated rings. The maximum absolute atomic E-state index is 3.80. The van der Waals surface area contributed by atoms with Crippen molar-refractivity contribution in [3.05, 3.63) is 36.0 Å². The topological polar surface area (TPSA) is 31.5 Å². The maximum atomic E-state index is 3.80. The molecule has 0 radical (unpaired) electrons. The fourth-order valence-electron chi connectivity index (χ4n) is 6.00. The molecular formula is C34H66O. The van der Waals surface area contributed by atoms with Crippen LogP contribution in [0.1, 0.15) is 146 Å². The van der Waals surface area contributed by atoms with Crippen LogP contribution in [-0.2, 0) is 0 Å². The third-order valence-electron chi connectivity index (χ3n) is 8.41.